The Morgan fingerprint density at radius 3 is 2.39 bits per heavy atom. The summed E-state index contributed by atoms with van der Waals surface area (Å²) < 4.78 is 0. The van der Waals surface area contributed by atoms with E-state index in [1.165, 1.54) is 29.2 Å². The number of benzene rings is 4. The van der Waals surface area contributed by atoms with Gasteiger partial charge in [-0.2, -0.15) is 5.26 Å². The predicted molar refractivity (Wildman–Crippen MR) is 201 cm³/mol. The number of rotatable bonds is 11. The number of thiophene rings is 1. The number of hydrogen-bond acceptors (Lipinski definition) is 6. The summed E-state index contributed by atoms with van der Waals surface area (Å²) in [6.07, 6.45) is 2.00. The third kappa shape index (κ3) is 9.19. The van der Waals surface area contributed by atoms with Crippen LogP contribution >= 0.6 is 46.3 Å². The van der Waals surface area contributed by atoms with Crippen LogP contribution in [0.2, 0.25) is 10.0 Å². The molecule has 0 bridgehead atoms. The number of nitrogens with zero attached hydrogens (tertiary/aromatic N) is 1. The Balaban J connectivity index is 1.31. The molecule has 246 valence electrons. The van der Waals surface area contributed by atoms with E-state index in [1.54, 1.807) is 66.7 Å². The summed E-state index contributed by atoms with van der Waals surface area (Å²) in [6, 6.07) is 30.6. The average molecular weight is 726 g/mol. The quantitative estimate of drug-likeness (QED) is 0.0928. The Kier molecular flexibility index (Phi) is 11.9. The van der Waals surface area contributed by atoms with Crippen molar-refractivity contribution in [3.8, 4) is 17.2 Å². The molecule has 0 aliphatic carbocycles. The van der Waals surface area contributed by atoms with Gasteiger partial charge in [0.05, 0.1) is 10.8 Å². The molecule has 11 heteroatoms. The van der Waals surface area contributed by atoms with Crippen molar-refractivity contribution < 1.29 is 14.4 Å². The molecule has 4 aromatic carbocycles. The average Bonchev–Trinajstić information content (AvgIpc) is 3.50. The molecule has 0 fully saturated rings. The van der Waals surface area contributed by atoms with E-state index >= 15 is 0 Å². The molecule has 0 spiro atoms. The number of hydrogen-bond donors (Lipinski definition) is 3. The Morgan fingerprint density at radius 2 is 1.69 bits per heavy atom. The maximum atomic E-state index is 13.6. The number of carbonyl (C=O) groups excluding carboxylic acids is 3. The SMILES string of the molecule is CCC(Sc1cccc(NC(=O)/C(=C\c2ccc(Cl)cc2Cl)NC(=O)c2ccccc2)c1)C(=O)Nc1scc(-c2ccc(C)cc2)c1C#N. The first-order chi connectivity index (χ1) is 23.6. The van der Waals surface area contributed by atoms with Crippen LogP contribution in [0.15, 0.2) is 113 Å². The molecule has 0 aliphatic rings. The zero-order valence-electron chi connectivity index (χ0n) is 26.4. The van der Waals surface area contributed by atoms with Crippen molar-refractivity contribution in [3.05, 3.63) is 140 Å². The maximum absolute atomic E-state index is 13.6. The van der Waals surface area contributed by atoms with Gasteiger partial charge in [0, 0.05) is 37.1 Å². The summed E-state index contributed by atoms with van der Waals surface area (Å²) in [5, 5.41) is 21.1. The highest BCUT2D eigenvalue weighted by molar-refractivity contribution is 8.00. The second kappa shape index (κ2) is 16.5. The van der Waals surface area contributed by atoms with Crippen LogP contribution in [0.1, 0.15) is 40.4 Å². The topological polar surface area (TPSA) is 111 Å². The first-order valence-electron chi connectivity index (χ1n) is 15.2. The lowest BCUT2D eigenvalue weighted by atomic mass is 10.0. The summed E-state index contributed by atoms with van der Waals surface area (Å²) >= 11 is 15.1. The Morgan fingerprint density at radius 1 is 0.939 bits per heavy atom. The highest BCUT2D eigenvalue weighted by atomic mass is 35.5. The van der Waals surface area contributed by atoms with Crippen molar-refractivity contribution in [2.45, 2.75) is 30.4 Å². The number of anilines is 2. The van der Waals surface area contributed by atoms with E-state index in [9.17, 15) is 19.6 Å². The molecule has 1 aromatic heterocycles. The minimum Gasteiger partial charge on any atom is -0.321 e. The predicted octanol–water partition coefficient (Wildman–Crippen LogP) is 9.82. The summed E-state index contributed by atoms with van der Waals surface area (Å²) in [5.74, 6) is -1.28. The van der Waals surface area contributed by atoms with Gasteiger partial charge in [0.1, 0.15) is 16.8 Å². The molecular formula is C38H30Cl2N4O3S2. The fourth-order valence-corrected chi connectivity index (χ4v) is 7.15. The fraction of sp³-hybridized carbons (Fsp3) is 0.105. The normalized spacial score (nSPS) is 11.7. The third-order valence-corrected chi connectivity index (χ3v) is 10.1. The first-order valence-corrected chi connectivity index (χ1v) is 17.7. The lowest BCUT2D eigenvalue weighted by Crippen LogP contribution is -2.30. The number of aryl methyl sites for hydroxylation is 1. The molecule has 1 atom stereocenters. The van der Waals surface area contributed by atoms with Crippen LogP contribution in [0.4, 0.5) is 10.7 Å². The zero-order valence-corrected chi connectivity index (χ0v) is 29.6. The van der Waals surface area contributed by atoms with Gasteiger partial charge in [-0.05, 0) is 73.0 Å². The van der Waals surface area contributed by atoms with Crippen LogP contribution in [0.5, 0.6) is 0 Å². The Hall–Kier alpha value is -4.85. The van der Waals surface area contributed by atoms with Gasteiger partial charge in [0.25, 0.3) is 11.8 Å². The van der Waals surface area contributed by atoms with E-state index in [1.807, 2.05) is 49.6 Å². The van der Waals surface area contributed by atoms with Gasteiger partial charge in [-0.25, -0.2) is 0 Å². The van der Waals surface area contributed by atoms with Gasteiger partial charge < -0.3 is 16.0 Å². The minimum atomic E-state index is -0.576. The van der Waals surface area contributed by atoms with E-state index in [2.05, 4.69) is 22.0 Å². The van der Waals surface area contributed by atoms with Gasteiger partial charge in [0.15, 0.2) is 0 Å². The molecule has 1 heterocycles. The summed E-state index contributed by atoms with van der Waals surface area (Å²) in [4.78, 5) is 40.8. The van der Waals surface area contributed by atoms with Gasteiger partial charge in [-0.1, -0.05) is 90.3 Å². The van der Waals surface area contributed by atoms with Crippen molar-refractivity contribution in [2.75, 3.05) is 10.6 Å². The molecule has 49 heavy (non-hydrogen) atoms. The minimum absolute atomic E-state index is 0.0313. The van der Waals surface area contributed by atoms with Crippen LogP contribution < -0.4 is 16.0 Å². The van der Waals surface area contributed by atoms with E-state index in [0.717, 1.165) is 21.6 Å². The number of nitrogens with one attached hydrogen (secondary N) is 3. The van der Waals surface area contributed by atoms with Crippen LogP contribution in [0.3, 0.4) is 0 Å². The summed E-state index contributed by atoms with van der Waals surface area (Å²) in [6.45, 7) is 3.91. The van der Waals surface area contributed by atoms with Gasteiger partial charge in [-0.3, -0.25) is 14.4 Å². The van der Waals surface area contributed by atoms with Gasteiger partial charge >= 0.3 is 0 Å². The van der Waals surface area contributed by atoms with E-state index in [0.29, 0.717) is 43.8 Å². The van der Waals surface area contributed by atoms with Crippen LogP contribution in [-0.2, 0) is 9.59 Å². The van der Waals surface area contributed by atoms with Crippen LogP contribution in [-0.4, -0.2) is 23.0 Å². The lowest BCUT2D eigenvalue weighted by Gasteiger charge is -2.16. The number of amides is 3. The van der Waals surface area contributed by atoms with Crippen molar-refractivity contribution in [1.82, 2.24) is 5.32 Å². The molecule has 1 unspecified atom stereocenters. The van der Waals surface area contributed by atoms with Crippen molar-refractivity contribution in [1.29, 1.82) is 5.26 Å². The first kappa shape index (κ1) is 35.5. The molecule has 5 aromatic rings. The Bertz CT molecular complexity index is 2070. The molecule has 3 N–H and O–H groups in total. The summed E-state index contributed by atoms with van der Waals surface area (Å²) in [7, 11) is 0. The molecule has 3 amide bonds. The smallest absolute Gasteiger partial charge is 0.272 e. The van der Waals surface area contributed by atoms with Gasteiger partial charge in [-0.15, -0.1) is 23.1 Å². The van der Waals surface area contributed by atoms with Crippen LogP contribution in [0.25, 0.3) is 17.2 Å². The number of nitriles is 1. The Labute approximate surface area is 303 Å². The van der Waals surface area contributed by atoms with E-state index < -0.39 is 17.1 Å². The maximum Gasteiger partial charge on any atom is 0.272 e. The largest absolute Gasteiger partial charge is 0.321 e. The van der Waals surface area contributed by atoms with E-state index in [4.69, 9.17) is 23.2 Å². The third-order valence-electron chi connectivity index (χ3n) is 7.33. The van der Waals surface area contributed by atoms with Crippen LogP contribution in [0, 0.1) is 18.3 Å². The molecule has 0 saturated carbocycles. The number of halogens is 2. The molecule has 0 radical (unpaired) electrons. The molecule has 0 aliphatic heterocycles. The fourth-order valence-electron chi connectivity index (χ4n) is 4.75. The highest BCUT2D eigenvalue weighted by Gasteiger charge is 2.22. The molecule has 5 rings (SSSR count). The zero-order chi connectivity index (χ0) is 34.9. The highest BCUT2D eigenvalue weighted by Crippen LogP contribution is 2.36. The second-order valence-corrected chi connectivity index (χ2v) is 13.9. The molecule has 7 nitrogen and oxygen atoms in total. The van der Waals surface area contributed by atoms with Crippen molar-refractivity contribution in [2.24, 2.45) is 0 Å². The van der Waals surface area contributed by atoms with Crippen molar-refractivity contribution in [3.63, 3.8) is 0 Å². The van der Waals surface area contributed by atoms with Gasteiger partial charge in [0.2, 0.25) is 5.91 Å². The monoisotopic (exact) mass is 724 g/mol. The summed E-state index contributed by atoms with van der Waals surface area (Å²) in [5.41, 5.74) is 4.52. The van der Waals surface area contributed by atoms with Crippen molar-refractivity contribution >= 4 is 80.8 Å². The van der Waals surface area contributed by atoms with E-state index in [-0.39, 0.29) is 11.6 Å². The number of carbonyl (C=O) groups is 3. The molecule has 0 saturated heterocycles. The number of thioether (sulfide) groups is 1. The second-order valence-electron chi connectivity index (χ2n) is 10.9. The standard InChI is InChI=1S/C38H30Cl2N4O3S2/c1-3-34(37(47)44-38-30(21-41)31(22-48-38)24-14-12-23(2)13-15-24)49-29-11-7-10-28(20-29)42-36(46)33(18-26-16-17-27(39)19-32(26)40)43-35(45)25-8-5-4-6-9-25/h4-20,22,34H,3H2,1-2H3,(H,42,46)(H,43,45)(H,44,47)/b33-18+. The molecular weight excluding hydrogens is 695 g/mol. The lowest BCUT2D eigenvalue weighted by molar-refractivity contribution is -0.116.